The molecule has 186 valence electrons. The van der Waals surface area contributed by atoms with Gasteiger partial charge in [-0.3, -0.25) is 9.59 Å². The van der Waals surface area contributed by atoms with Gasteiger partial charge < -0.3 is 24.8 Å². The molecule has 3 N–H and O–H groups in total. The second-order valence-electron chi connectivity index (χ2n) is 8.84. The number of aromatic amines is 1. The molecule has 5 rings (SSSR count). The van der Waals surface area contributed by atoms with Gasteiger partial charge in [0.05, 0.1) is 18.7 Å². The van der Waals surface area contributed by atoms with Crippen molar-refractivity contribution in [3.8, 4) is 11.5 Å². The molecule has 37 heavy (non-hydrogen) atoms. The van der Waals surface area contributed by atoms with E-state index >= 15 is 0 Å². The van der Waals surface area contributed by atoms with E-state index in [1.165, 1.54) is 23.1 Å². The molecule has 0 saturated carbocycles. The number of rotatable bonds is 8. The van der Waals surface area contributed by atoms with Crippen molar-refractivity contribution in [3.05, 3.63) is 113 Å². The molecule has 0 aliphatic carbocycles. The third-order valence-corrected chi connectivity index (χ3v) is 6.60. The van der Waals surface area contributed by atoms with Gasteiger partial charge in [-0.2, -0.15) is 0 Å². The van der Waals surface area contributed by atoms with Crippen molar-refractivity contribution in [1.29, 1.82) is 0 Å². The average molecular weight is 495 g/mol. The maximum Gasteiger partial charge on any atom is 0.290 e. The number of nitrogens with one attached hydrogen (secondary N) is 1. The van der Waals surface area contributed by atoms with Crippen LogP contribution in [0.3, 0.4) is 0 Å². The van der Waals surface area contributed by atoms with E-state index < -0.39 is 23.5 Å². The summed E-state index contributed by atoms with van der Waals surface area (Å²) in [6, 6.07) is 20.6. The Hall–Kier alpha value is -4.78. The number of allylic oxidation sites excluding steroid dienone is 1. The Kier molecular flexibility index (Phi) is 6.51. The molecule has 0 spiro atoms. The van der Waals surface area contributed by atoms with Crippen LogP contribution in [0.4, 0.5) is 0 Å². The number of hydrogen-bond acceptors (Lipinski definition) is 5. The highest BCUT2D eigenvalue weighted by Crippen LogP contribution is 2.39. The summed E-state index contributed by atoms with van der Waals surface area (Å²) < 4.78 is 5.35. The molecule has 0 fully saturated rings. The van der Waals surface area contributed by atoms with E-state index in [-0.39, 0.29) is 17.9 Å². The van der Waals surface area contributed by atoms with Crippen LogP contribution in [-0.4, -0.2) is 45.4 Å². The lowest BCUT2D eigenvalue weighted by Crippen LogP contribution is -2.32. The summed E-state index contributed by atoms with van der Waals surface area (Å²) in [5, 5.41) is 21.6. The Labute approximate surface area is 213 Å². The van der Waals surface area contributed by atoms with Crippen LogP contribution in [0.5, 0.6) is 11.5 Å². The molecule has 4 aromatic rings. The Morgan fingerprint density at radius 1 is 1.05 bits per heavy atom. The molecule has 0 saturated heterocycles. The summed E-state index contributed by atoms with van der Waals surface area (Å²) in [4.78, 5) is 31.3. The number of methoxy groups -OCH3 is 1. The Morgan fingerprint density at radius 3 is 2.54 bits per heavy atom. The minimum atomic E-state index is -0.791. The van der Waals surface area contributed by atoms with Gasteiger partial charge in [0.15, 0.2) is 11.5 Å². The Bertz CT molecular complexity index is 1520. The van der Waals surface area contributed by atoms with Crippen molar-refractivity contribution in [1.82, 2.24) is 9.88 Å². The van der Waals surface area contributed by atoms with Gasteiger partial charge >= 0.3 is 0 Å². The summed E-state index contributed by atoms with van der Waals surface area (Å²) in [6.07, 6.45) is 5.41. The minimum Gasteiger partial charge on any atom is -0.508 e. The lowest BCUT2D eigenvalue weighted by atomic mass is 9.95. The number of amides is 1. The van der Waals surface area contributed by atoms with Crippen LogP contribution in [0.2, 0.25) is 0 Å². The molecule has 0 bridgehead atoms. The summed E-state index contributed by atoms with van der Waals surface area (Å²) in [6.45, 7) is 0.262. The van der Waals surface area contributed by atoms with Gasteiger partial charge in [-0.25, -0.2) is 0 Å². The molecule has 1 aromatic heterocycles. The number of aliphatic hydroxyl groups is 1. The number of ether oxygens (including phenoxy) is 1. The van der Waals surface area contributed by atoms with E-state index in [2.05, 4.69) is 4.98 Å². The number of ketones is 1. The van der Waals surface area contributed by atoms with Gasteiger partial charge in [0, 0.05) is 23.6 Å². The van der Waals surface area contributed by atoms with Crippen LogP contribution >= 0.6 is 0 Å². The number of aromatic nitrogens is 1. The van der Waals surface area contributed by atoms with Crippen molar-refractivity contribution in [3.63, 3.8) is 0 Å². The first-order valence-corrected chi connectivity index (χ1v) is 11.9. The molecule has 0 unspecified atom stereocenters. The van der Waals surface area contributed by atoms with Gasteiger partial charge in [0.1, 0.15) is 11.5 Å². The first kappa shape index (κ1) is 23.9. The zero-order valence-corrected chi connectivity index (χ0v) is 20.2. The standard InChI is InChI=1S/C30H26N2O5/c1-37-23-12-13-25-24(17-23)21(18-31-25)15-16-32-28(20-8-10-22(33)11-9-20)27(29(35)30(32)36)26(34)14-7-19-5-3-2-4-6-19/h2-14,17-18,28,31,33,35H,15-16H2,1H3/b14-7+/t28-/m0/s1. The van der Waals surface area contributed by atoms with Gasteiger partial charge in [-0.1, -0.05) is 48.5 Å². The molecule has 1 atom stereocenters. The molecule has 7 nitrogen and oxygen atoms in total. The van der Waals surface area contributed by atoms with E-state index in [0.717, 1.165) is 27.8 Å². The number of phenols is 1. The summed E-state index contributed by atoms with van der Waals surface area (Å²) in [5.41, 5.74) is 3.39. The third-order valence-electron chi connectivity index (χ3n) is 6.60. The van der Waals surface area contributed by atoms with Crippen LogP contribution in [0.1, 0.15) is 22.7 Å². The van der Waals surface area contributed by atoms with Crippen LogP contribution in [0.25, 0.3) is 17.0 Å². The Balaban J connectivity index is 1.46. The smallest absolute Gasteiger partial charge is 0.290 e. The fourth-order valence-electron chi connectivity index (χ4n) is 4.70. The molecule has 0 radical (unpaired) electrons. The van der Waals surface area contributed by atoms with Gasteiger partial charge in [-0.05, 0) is 59.5 Å². The van der Waals surface area contributed by atoms with E-state index in [0.29, 0.717) is 12.0 Å². The van der Waals surface area contributed by atoms with E-state index in [1.807, 2.05) is 54.7 Å². The third kappa shape index (κ3) is 4.71. The molecule has 1 aliphatic heterocycles. The molecule has 3 aromatic carbocycles. The van der Waals surface area contributed by atoms with E-state index in [1.54, 1.807) is 25.3 Å². The second kappa shape index (κ2) is 10.1. The largest absolute Gasteiger partial charge is 0.508 e. The highest BCUT2D eigenvalue weighted by molar-refractivity contribution is 6.14. The van der Waals surface area contributed by atoms with Crippen molar-refractivity contribution >= 4 is 28.7 Å². The number of fused-ring (bicyclic) bond motifs is 1. The molecule has 1 aliphatic rings. The molecular formula is C30H26N2O5. The lowest BCUT2D eigenvalue weighted by Gasteiger charge is -2.26. The van der Waals surface area contributed by atoms with E-state index in [9.17, 15) is 19.8 Å². The monoisotopic (exact) mass is 494 g/mol. The number of aliphatic hydroxyl groups excluding tert-OH is 1. The van der Waals surface area contributed by atoms with Gasteiger partial charge in [0.2, 0.25) is 0 Å². The summed E-state index contributed by atoms with van der Waals surface area (Å²) >= 11 is 0. The van der Waals surface area contributed by atoms with Gasteiger partial charge in [-0.15, -0.1) is 0 Å². The average Bonchev–Trinajstić information content (AvgIpc) is 3.44. The fraction of sp³-hybridized carbons (Fsp3) is 0.133. The highest BCUT2D eigenvalue weighted by Gasteiger charge is 2.42. The predicted molar refractivity (Wildman–Crippen MR) is 141 cm³/mol. The number of phenolic OH excluding ortho intramolecular Hbond substituents is 1. The van der Waals surface area contributed by atoms with Gasteiger partial charge in [0.25, 0.3) is 5.91 Å². The number of carbonyl (C=O) groups is 2. The number of aromatic hydroxyl groups is 1. The van der Waals surface area contributed by atoms with Crippen LogP contribution < -0.4 is 4.74 Å². The van der Waals surface area contributed by atoms with Crippen molar-refractivity contribution in [2.45, 2.75) is 12.5 Å². The summed E-state index contributed by atoms with van der Waals surface area (Å²) in [5.74, 6) is -0.817. The maximum atomic E-state index is 13.3. The Morgan fingerprint density at radius 2 is 1.81 bits per heavy atom. The zero-order chi connectivity index (χ0) is 25.9. The molecule has 2 heterocycles. The number of hydrogen-bond donors (Lipinski definition) is 3. The van der Waals surface area contributed by atoms with Crippen molar-refractivity contribution in [2.75, 3.05) is 13.7 Å². The van der Waals surface area contributed by atoms with Crippen molar-refractivity contribution < 1.29 is 24.5 Å². The number of benzene rings is 3. The lowest BCUT2D eigenvalue weighted by molar-refractivity contribution is -0.129. The number of H-pyrrole nitrogens is 1. The van der Waals surface area contributed by atoms with Crippen LogP contribution in [0, 0.1) is 0 Å². The molecular weight excluding hydrogens is 468 g/mol. The topological polar surface area (TPSA) is 103 Å². The predicted octanol–water partition coefficient (Wildman–Crippen LogP) is 5.10. The minimum absolute atomic E-state index is 0.0171. The first-order chi connectivity index (χ1) is 18.0. The highest BCUT2D eigenvalue weighted by atomic mass is 16.5. The van der Waals surface area contributed by atoms with Crippen LogP contribution in [-0.2, 0) is 16.0 Å². The fourth-order valence-corrected chi connectivity index (χ4v) is 4.70. The van der Waals surface area contributed by atoms with Crippen molar-refractivity contribution in [2.24, 2.45) is 0 Å². The normalized spacial score (nSPS) is 15.8. The molecule has 1 amide bonds. The second-order valence-corrected chi connectivity index (χ2v) is 8.84. The molecule has 7 heteroatoms. The number of carbonyl (C=O) groups excluding carboxylic acids is 2. The maximum absolute atomic E-state index is 13.3. The number of nitrogens with zero attached hydrogens (tertiary/aromatic N) is 1. The van der Waals surface area contributed by atoms with E-state index in [4.69, 9.17) is 4.74 Å². The quantitative estimate of drug-likeness (QED) is 0.296. The zero-order valence-electron chi connectivity index (χ0n) is 20.2. The summed E-state index contributed by atoms with van der Waals surface area (Å²) in [7, 11) is 1.61. The first-order valence-electron chi connectivity index (χ1n) is 11.9. The van der Waals surface area contributed by atoms with Crippen LogP contribution in [0.15, 0.2) is 96.4 Å². The SMILES string of the molecule is COc1ccc2[nH]cc(CCN3C(=O)C(O)=C(C(=O)/C=C/c4ccccc4)[C@@H]3c3ccc(O)cc3)c2c1.